The molecule has 1 aliphatic rings. The van der Waals surface area contributed by atoms with Crippen molar-refractivity contribution in [1.29, 1.82) is 0 Å². The summed E-state index contributed by atoms with van der Waals surface area (Å²) in [6.45, 7) is 4.04. The Morgan fingerprint density at radius 1 is 1.29 bits per heavy atom. The Morgan fingerprint density at radius 3 is 3.00 bits per heavy atom. The number of hydrogen-bond donors (Lipinski definition) is 0. The van der Waals surface area contributed by atoms with E-state index < -0.39 is 0 Å². The van der Waals surface area contributed by atoms with E-state index in [9.17, 15) is 0 Å². The van der Waals surface area contributed by atoms with Gasteiger partial charge in [-0.1, -0.05) is 18.2 Å². The normalized spacial score (nSPS) is 14.8. The molecule has 0 radical (unpaired) electrons. The minimum absolute atomic E-state index is 0.462. The van der Waals surface area contributed by atoms with Crippen molar-refractivity contribution in [3.8, 4) is 5.75 Å². The van der Waals surface area contributed by atoms with E-state index in [2.05, 4.69) is 54.2 Å². The van der Waals surface area contributed by atoms with Gasteiger partial charge in [-0.05, 0) is 43.3 Å². The highest BCUT2D eigenvalue weighted by molar-refractivity contribution is 5.39. The summed E-state index contributed by atoms with van der Waals surface area (Å²) in [6.07, 6.45) is 3.88. The smallest absolute Gasteiger partial charge is 0.122 e. The van der Waals surface area contributed by atoms with E-state index in [0.717, 1.165) is 37.4 Å². The molecule has 2 heterocycles. The van der Waals surface area contributed by atoms with Gasteiger partial charge in [-0.15, -0.1) is 0 Å². The van der Waals surface area contributed by atoms with Gasteiger partial charge < -0.3 is 4.74 Å². The Bertz CT molecular complexity index is 597. The molecule has 3 heteroatoms. The van der Waals surface area contributed by atoms with Crippen LogP contribution < -0.4 is 4.74 Å². The van der Waals surface area contributed by atoms with Crippen LogP contribution in [0.3, 0.4) is 0 Å². The fourth-order valence-corrected chi connectivity index (χ4v) is 2.76. The van der Waals surface area contributed by atoms with Gasteiger partial charge in [-0.25, -0.2) is 0 Å². The standard InChI is InChI=1S/C18H22N2O/c1-14(11-17-5-3-4-9-19-17)20(2)13-15-6-7-18-16(12-15)8-10-21-18/h3-7,9,12,14H,8,10-11,13H2,1-2H3/t14-/m0/s1. The second-order valence-electron chi connectivity index (χ2n) is 5.83. The fourth-order valence-electron chi connectivity index (χ4n) is 2.76. The maximum atomic E-state index is 5.56. The first-order valence-electron chi connectivity index (χ1n) is 7.57. The maximum absolute atomic E-state index is 5.56. The predicted molar refractivity (Wildman–Crippen MR) is 84.5 cm³/mol. The highest BCUT2D eigenvalue weighted by Crippen LogP contribution is 2.26. The highest BCUT2D eigenvalue weighted by atomic mass is 16.5. The van der Waals surface area contributed by atoms with Crippen LogP contribution in [-0.2, 0) is 19.4 Å². The first-order valence-corrected chi connectivity index (χ1v) is 7.57. The quantitative estimate of drug-likeness (QED) is 0.842. The number of rotatable bonds is 5. The molecule has 21 heavy (non-hydrogen) atoms. The molecule has 0 unspecified atom stereocenters. The molecule has 3 nitrogen and oxygen atoms in total. The zero-order valence-electron chi connectivity index (χ0n) is 12.7. The first-order chi connectivity index (χ1) is 10.2. The number of hydrogen-bond acceptors (Lipinski definition) is 3. The molecule has 0 spiro atoms. The Kier molecular flexibility index (Phi) is 4.20. The molecule has 110 valence electrons. The topological polar surface area (TPSA) is 25.4 Å². The third-order valence-corrected chi connectivity index (χ3v) is 4.17. The molecule has 1 atom stereocenters. The zero-order valence-corrected chi connectivity index (χ0v) is 12.7. The number of aromatic nitrogens is 1. The van der Waals surface area contributed by atoms with Crippen LogP contribution in [0.2, 0.25) is 0 Å². The average molecular weight is 282 g/mol. The molecule has 1 aromatic carbocycles. The lowest BCUT2D eigenvalue weighted by molar-refractivity contribution is 0.247. The minimum Gasteiger partial charge on any atom is -0.493 e. The van der Waals surface area contributed by atoms with Gasteiger partial charge in [0.05, 0.1) is 6.61 Å². The van der Waals surface area contributed by atoms with E-state index in [0.29, 0.717) is 6.04 Å². The molecule has 0 bridgehead atoms. The molecule has 1 aliphatic heterocycles. The molecule has 0 amide bonds. The lowest BCUT2D eigenvalue weighted by Gasteiger charge is -2.24. The summed E-state index contributed by atoms with van der Waals surface area (Å²) in [4.78, 5) is 6.79. The predicted octanol–water partition coefficient (Wildman–Crippen LogP) is 3.08. The van der Waals surface area contributed by atoms with E-state index in [4.69, 9.17) is 4.74 Å². The van der Waals surface area contributed by atoms with Crippen molar-refractivity contribution in [1.82, 2.24) is 9.88 Å². The third-order valence-electron chi connectivity index (χ3n) is 4.17. The minimum atomic E-state index is 0.462. The second-order valence-corrected chi connectivity index (χ2v) is 5.83. The number of fused-ring (bicyclic) bond motifs is 1. The van der Waals surface area contributed by atoms with Crippen LogP contribution in [0.1, 0.15) is 23.7 Å². The van der Waals surface area contributed by atoms with Gasteiger partial charge in [-0.3, -0.25) is 9.88 Å². The largest absolute Gasteiger partial charge is 0.493 e. The van der Waals surface area contributed by atoms with Gasteiger partial charge in [0.2, 0.25) is 0 Å². The highest BCUT2D eigenvalue weighted by Gasteiger charge is 2.15. The van der Waals surface area contributed by atoms with E-state index in [1.165, 1.54) is 11.1 Å². The van der Waals surface area contributed by atoms with Crippen molar-refractivity contribution < 1.29 is 4.74 Å². The third kappa shape index (κ3) is 3.42. The van der Waals surface area contributed by atoms with Gasteiger partial charge in [0.25, 0.3) is 0 Å². The molecule has 0 saturated carbocycles. The molecule has 0 saturated heterocycles. The van der Waals surface area contributed by atoms with Gasteiger partial charge in [0, 0.05) is 37.3 Å². The fraction of sp³-hybridized carbons (Fsp3) is 0.389. The summed E-state index contributed by atoms with van der Waals surface area (Å²) >= 11 is 0. The van der Waals surface area contributed by atoms with Crippen molar-refractivity contribution in [2.45, 2.75) is 32.4 Å². The van der Waals surface area contributed by atoms with Crippen LogP contribution in [-0.4, -0.2) is 29.6 Å². The van der Waals surface area contributed by atoms with Crippen LogP contribution in [0.15, 0.2) is 42.6 Å². The van der Waals surface area contributed by atoms with Crippen molar-refractivity contribution in [2.24, 2.45) is 0 Å². The van der Waals surface area contributed by atoms with Gasteiger partial charge in [-0.2, -0.15) is 0 Å². The van der Waals surface area contributed by atoms with Crippen molar-refractivity contribution in [2.75, 3.05) is 13.7 Å². The van der Waals surface area contributed by atoms with Crippen LogP contribution in [0, 0.1) is 0 Å². The van der Waals surface area contributed by atoms with Gasteiger partial charge in [0.15, 0.2) is 0 Å². The molecule has 0 N–H and O–H groups in total. The van der Waals surface area contributed by atoms with Crippen molar-refractivity contribution in [3.63, 3.8) is 0 Å². The van der Waals surface area contributed by atoms with Gasteiger partial charge in [0.1, 0.15) is 5.75 Å². The summed E-state index contributed by atoms with van der Waals surface area (Å²) in [6, 6.07) is 13.1. The Hall–Kier alpha value is -1.87. The Balaban J connectivity index is 1.61. The van der Waals surface area contributed by atoms with Crippen LogP contribution >= 0.6 is 0 Å². The van der Waals surface area contributed by atoms with E-state index >= 15 is 0 Å². The Labute approximate surface area is 126 Å². The van der Waals surface area contributed by atoms with Crippen molar-refractivity contribution in [3.05, 3.63) is 59.4 Å². The van der Waals surface area contributed by atoms with Crippen LogP contribution in [0.5, 0.6) is 5.75 Å². The van der Waals surface area contributed by atoms with Gasteiger partial charge >= 0.3 is 0 Å². The monoisotopic (exact) mass is 282 g/mol. The van der Waals surface area contributed by atoms with E-state index in [-0.39, 0.29) is 0 Å². The number of pyridine rings is 1. The Morgan fingerprint density at radius 2 is 2.19 bits per heavy atom. The van der Waals surface area contributed by atoms with E-state index in [1.54, 1.807) is 0 Å². The van der Waals surface area contributed by atoms with Crippen molar-refractivity contribution >= 4 is 0 Å². The second kappa shape index (κ2) is 6.27. The summed E-state index contributed by atoms with van der Waals surface area (Å²) in [5.41, 5.74) is 3.85. The SMILES string of the molecule is C[C@@H](Cc1ccccn1)N(C)Cc1ccc2c(c1)CCO2. The van der Waals surface area contributed by atoms with E-state index in [1.807, 2.05) is 12.3 Å². The summed E-state index contributed by atoms with van der Waals surface area (Å²) in [5, 5.41) is 0. The lowest BCUT2D eigenvalue weighted by atomic mass is 10.1. The molecule has 2 aromatic rings. The molecular weight excluding hydrogens is 260 g/mol. The average Bonchev–Trinajstić information content (AvgIpc) is 2.95. The summed E-state index contributed by atoms with van der Waals surface area (Å²) in [7, 11) is 2.18. The molecule has 0 aliphatic carbocycles. The molecule has 1 aromatic heterocycles. The number of ether oxygens (including phenoxy) is 1. The summed E-state index contributed by atoms with van der Waals surface area (Å²) < 4.78 is 5.56. The first kappa shape index (κ1) is 14.1. The zero-order chi connectivity index (χ0) is 14.7. The number of nitrogens with zero attached hydrogens (tertiary/aromatic N) is 2. The van der Waals surface area contributed by atoms with Crippen LogP contribution in [0.25, 0.3) is 0 Å². The number of likely N-dealkylation sites (N-methyl/N-ethyl adjacent to an activating group) is 1. The maximum Gasteiger partial charge on any atom is 0.122 e. The molecular formula is C18H22N2O. The summed E-state index contributed by atoms with van der Waals surface area (Å²) in [5.74, 6) is 1.06. The molecule has 0 fully saturated rings. The number of benzene rings is 1. The van der Waals surface area contributed by atoms with Crippen LogP contribution in [0.4, 0.5) is 0 Å². The molecule has 3 rings (SSSR count). The lowest BCUT2D eigenvalue weighted by Crippen LogP contribution is -2.30.